The predicted molar refractivity (Wildman–Crippen MR) is 280 cm³/mol. The summed E-state index contributed by atoms with van der Waals surface area (Å²) in [5.41, 5.74) is 0. The Morgan fingerprint density at radius 3 is 0.754 bits per heavy atom. The van der Waals surface area contributed by atoms with Crippen LogP contribution in [0.4, 0.5) is 0 Å². The topological polar surface area (TPSA) is 78.9 Å². The van der Waals surface area contributed by atoms with Gasteiger partial charge in [0, 0.05) is 19.3 Å². The van der Waals surface area contributed by atoms with Gasteiger partial charge in [-0.1, -0.05) is 297 Å². The molecule has 6 nitrogen and oxygen atoms in total. The van der Waals surface area contributed by atoms with Crippen LogP contribution in [0.5, 0.6) is 0 Å². The van der Waals surface area contributed by atoms with Crippen molar-refractivity contribution in [2.24, 2.45) is 5.92 Å². The van der Waals surface area contributed by atoms with Crippen LogP contribution in [-0.2, 0) is 28.6 Å². The van der Waals surface area contributed by atoms with Crippen LogP contribution in [0.25, 0.3) is 0 Å². The Balaban J connectivity index is 4.26. The summed E-state index contributed by atoms with van der Waals surface area (Å²) in [5.74, 6) is -0.0279. The van der Waals surface area contributed by atoms with Crippen molar-refractivity contribution in [2.45, 2.75) is 342 Å². The molecule has 0 aliphatic heterocycles. The average Bonchev–Trinajstić information content (AvgIpc) is 3.29. The third-order valence-corrected chi connectivity index (χ3v) is 13.5. The number of rotatable bonds is 54. The fourth-order valence-corrected chi connectivity index (χ4v) is 9.10. The van der Waals surface area contributed by atoms with E-state index in [-0.39, 0.29) is 31.1 Å². The molecule has 0 fully saturated rings. The van der Waals surface area contributed by atoms with Gasteiger partial charge in [-0.2, -0.15) is 0 Å². The maximum Gasteiger partial charge on any atom is 0.306 e. The molecule has 0 heterocycles. The maximum absolute atomic E-state index is 12.8. The molecule has 0 aromatic rings. The molecule has 386 valence electrons. The van der Waals surface area contributed by atoms with Crippen molar-refractivity contribution in [3.63, 3.8) is 0 Å². The van der Waals surface area contributed by atoms with Crippen LogP contribution in [0.15, 0.2) is 0 Å². The van der Waals surface area contributed by atoms with E-state index in [9.17, 15) is 14.4 Å². The molecular weight excluding hydrogens is 805 g/mol. The minimum Gasteiger partial charge on any atom is -0.462 e. The summed E-state index contributed by atoms with van der Waals surface area (Å²) in [4.78, 5) is 38.1. The third kappa shape index (κ3) is 53.2. The molecule has 0 spiro atoms. The van der Waals surface area contributed by atoms with E-state index in [0.29, 0.717) is 19.3 Å². The highest BCUT2D eigenvalue weighted by molar-refractivity contribution is 5.71. The summed E-state index contributed by atoms with van der Waals surface area (Å²) in [7, 11) is 0. The van der Waals surface area contributed by atoms with Crippen LogP contribution in [0, 0.1) is 5.92 Å². The van der Waals surface area contributed by atoms with Crippen molar-refractivity contribution in [1.29, 1.82) is 0 Å². The summed E-state index contributed by atoms with van der Waals surface area (Å²) in [6.07, 6.45) is 58.1. The van der Waals surface area contributed by atoms with Crippen molar-refractivity contribution >= 4 is 17.9 Å². The molecule has 6 heteroatoms. The van der Waals surface area contributed by atoms with Gasteiger partial charge in [0.2, 0.25) is 0 Å². The highest BCUT2D eigenvalue weighted by atomic mass is 16.6. The van der Waals surface area contributed by atoms with Gasteiger partial charge in [0.15, 0.2) is 6.10 Å². The molecule has 0 aliphatic carbocycles. The number of ether oxygens (including phenoxy) is 3. The normalized spacial score (nSPS) is 12.0. The molecule has 0 bridgehead atoms. The van der Waals surface area contributed by atoms with E-state index in [1.807, 2.05) is 0 Å². The molecule has 0 N–H and O–H groups in total. The molecule has 0 saturated carbocycles. The van der Waals surface area contributed by atoms with Crippen molar-refractivity contribution in [1.82, 2.24) is 0 Å². The van der Waals surface area contributed by atoms with Gasteiger partial charge < -0.3 is 14.2 Å². The maximum atomic E-state index is 12.8. The van der Waals surface area contributed by atoms with Crippen LogP contribution >= 0.6 is 0 Å². The van der Waals surface area contributed by atoms with Crippen molar-refractivity contribution < 1.29 is 28.6 Å². The molecular formula is C59H114O6. The zero-order valence-corrected chi connectivity index (χ0v) is 44.5. The van der Waals surface area contributed by atoms with E-state index in [0.717, 1.165) is 63.7 Å². The van der Waals surface area contributed by atoms with Crippen LogP contribution in [-0.4, -0.2) is 37.2 Å². The average molecular weight is 920 g/mol. The van der Waals surface area contributed by atoms with Crippen LogP contribution in [0.3, 0.4) is 0 Å². The lowest BCUT2D eigenvalue weighted by Gasteiger charge is -2.18. The molecule has 0 aromatic carbocycles. The molecule has 0 unspecified atom stereocenters. The first-order valence-corrected chi connectivity index (χ1v) is 29.4. The van der Waals surface area contributed by atoms with Gasteiger partial charge in [0.25, 0.3) is 0 Å². The number of unbranched alkanes of at least 4 members (excludes halogenated alkanes) is 41. The van der Waals surface area contributed by atoms with Gasteiger partial charge in [-0.15, -0.1) is 0 Å². The quantitative estimate of drug-likeness (QED) is 0.0344. The third-order valence-electron chi connectivity index (χ3n) is 13.5. The molecule has 0 amide bonds. The second kappa shape index (κ2) is 53.4. The summed E-state index contributed by atoms with van der Waals surface area (Å²) >= 11 is 0. The second-order valence-corrected chi connectivity index (χ2v) is 20.8. The lowest BCUT2D eigenvalue weighted by molar-refractivity contribution is -0.167. The SMILES string of the molecule is CCCCCCCCCCCCCCCCCCCCCC(=O)OC[C@@H](COC(=O)CCCCCCCCCCCC(C)C)OC(=O)CCCCCCCCCCCCCCCCCC. The molecule has 0 aliphatic rings. The minimum atomic E-state index is -0.762. The van der Waals surface area contributed by atoms with E-state index in [1.54, 1.807) is 0 Å². The molecule has 65 heavy (non-hydrogen) atoms. The Kier molecular flexibility index (Phi) is 52.1. The number of esters is 3. The molecule has 0 aromatic heterocycles. The zero-order valence-electron chi connectivity index (χ0n) is 44.5. The Morgan fingerprint density at radius 1 is 0.292 bits per heavy atom. The van der Waals surface area contributed by atoms with E-state index < -0.39 is 6.10 Å². The highest BCUT2D eigenvalue weighted by Gasteiger charge is 2.19. The van der Waals surface area contributed by atoms with Crippen molar-refractivity contribution in [3.05, 3.63) is 0 Å². The zero-order chi connectivity index (χ0) is 47.4. The lowest BCUT2D eigenvalue weighted by Crippen LogP contribution is -2.30. The smallest absolute Gasteiger partial charge is 0.306 e. The van der Waals surface area contributed by atoms with Gasteiger partial charge >= 0.3 is 17.9 Å². The van der Waals surface area contributed by atoms with Gasteiger partial charge in [0.05, 0.1) is 0 Å². The Morgan fingerprint density at radius 2 is 0.508 bits per heavy atom. The Bertz CT molecular complexity index is 980. The minimum absolute atomic E-state index is 0.0621. The van der Waals surface area contributed by atoms with Gasteiger partial charge in [0.1, 0.15) is 13.2 Å². The summed E-state index contributed by atoms with van der Waals surface area (Å²) in [5, 5.41) is 0. The van der Waals surface area contributed by atoms with Crippen molar-refractivity contribution in [3.8, 4) is 0 Å². The van der Waals surface area contributed by atoms with E-state index in [4.69, 9.17) is 14.2 Å². The first-order chi connectivity index (χ1) is 31.9. The molecule has 1 atom stereocenters. The molecule has 0 radical (unpaired) electrons. The summed E-state index contributed by atoms with van der Waals surface area (Å²) < 4.78 is 16.9. The fourth-order valence-electron chi connectivity index (χ4n) is 9.10. The monoisotopic (exact) mass is 919 g/mol. The summed E-state index contributed by atoms with van der Waals surface area (Å²) in [6.45, 7) is 9.04. The van der Waals surface area contributed by atoms with Gasteiger partial charge in [-0.3, -0.25) is 14.4 Å². The Hall–Kier alpha value is -1.59. The van der Waals surface area contributed by atoms with Crippen molar-refractivity contribution in [2.75, 3.05) is 13.2 Å². The van der Waals surface area contributed by atoms with Crippen LogP contribution in [0.2, 0.25) is 0 Å². The van der Waals surface area contributed by atoms with Gasteiger partial charge in [-0.05, 0) is 25.2 Å². The first kappa shape index (κ1) is 63.4. The number of hydrogen-bond acceptors (Lipinski definition) is 6. The predicted octanol–water partition coefficient (Wildman–Crippen LogP) is 19.4. The number of hydrogen-bond donors (Lipinski definition) is 0. The molecule has 0 rings (SSSR count). The van der Waals surface area contributed by atoms with E-state index >= 15 is 0 Å². The van der Waals surface area contributed by atoms with Crippen LogP contribution < -0.4 is 0 Å². The fraction of sp³-hybridized carbons (Fsp3) is 0.949. The highest BCUT2D eigenvalue weighted by Crippen LogP contribution is 2.18. The standard InChI is InChI=1S/C59H114O6/c1-5-7-9-11-13-15-17-19-21-23-24-25-27-28-30-34-38-42-46-50-57(60)63-53-56(54-64-58(61)51-47-43-39-36-32-33-37-41-45-49-55(3)4)65-59(62)52-48-44-40-35-31-29-26-22-20-18-16-14-12-10-8-6-2/h55-56H,5-54H2,1-4H3/t56-/m0/s1. The van der Waals surface area contributed by atoms with Crippen LogP contribution in [0.1, 0.15) is 336 Å². The number of carbonyl (C=O) groups is 3. The second-order valence-electron chi connectivity index (χ2n) is 20.8. The molecule has 0 saturated heterocycles. The van der Waals surface area contributed by atoms with Gasteiger partial charge in [-0.25, -0.2) is 0 Å². The van der Waals surface area contributed by atoms with E-state index in [1.165, 1.54) is 231 Å². The number of carbonyl (C=O) groups excluding carboxylic acids is 3. The summed E-state index contributed by atoms with van der Waals surface area (Å²) in [6, 6.07) is 0. The first-order valence-electron chi connectivity index (χ1n) is 29.4. The van der Waals surface area contributed by atoms with E-state index in [2.05, 4.69) is 27.7 Å². The largest absolute Gasteiger partial charge is 0.462 e. The Labute approximate surface area is 406 Å². The lowest BCUT2D eigenvalue weighted by atomic mass is 10.0.